The molecule has 306 valence electrons. The van der Waals surface area contributed by atoms with Crippen LogP contribution in [0.5, 0.6) is 0 Å². The molecule has 3 aromatic heterocycles. The van der Waals surface area contributed by atoms with Crippen molar-refractivity contribution < 1.29 is 26.0 Å². The van der Waals surface area contributed by atoms with Crippen molar-refractivity contribution in [2.45, 2.75) is 60.5 Å². The number of sulfonamides is 2. The first-order valence-electron chi connectivity index (χ1n) is 18.6. The first-order valence-corrected chi connectivity index (χ1v) is 23.2. The van der Waals surface area contributed by atoms with Crippen molar-refractivity contribution in [2.24, 2.45) is 5.73 Å². The molecule has 15 nitrogen and oxygen atoms in total. The molecule has 2 saturated heterocycles. The van der Waals surface area contributed by atoms with Gasteiger partial charge in [-0.25, -0.2) is 31.2 Å². The number of anilines is 4. The predicted molar refractivity (Wildman–Crippen MR) is 226 cm³/mol. The SMILES string of the molecule is C[C@@H](C(=O)NC1CCN(c2ccc(S(=O)(=O)Nc3nccs3)cc2)CC1)n1ccc2c(F)cccc21.NC1CCN(c2ccc(S(=O)(=O)Nc3ncns3)cc2)CC1. The highest BCUT2D eigenvalue weighted by atomic mass is 32.2. The molecule has 58 heavy (non-hydrogen) atoms. The molecule has 20 heteroatoms. The molecule has 0 unspecified atom stereocenters. The molecule has 2 aliphatic heterocycles. The standard InChI is InChI=1S/C25H26FN5O3S2.C13H17N5O2S2/c1-17(31-15-11-21-22(26)3-2-4-23(21)31)24(32)28-18-9-13-30(14-10-18)19-5-7-20(8-6-19)36(33,34)29-25-27-12-16-35-25;14-10-5-7-18(8-6-10)11-1-3-12(4-2-11)22(19,20)17-13-15-9-16-21-13/h2-8,11-12,15-18H,9-10,13-14H2,1H3,(H,27,29)(H,28,32);1-4,9-10H,5-8,14H2,(H,15,16,17)/t17-;/m0./s1. The number of aromatic nitrogens is 4. The molecule has 1 atom stereocenters. The summed E-state index contributed by atoms with van der Waals surface area (Å²) in [6.45, 7) is 5.08. The smallest absolute Gasteiger partial charge is 0.263 e. The van der Waals surface area contributed by atoms with Crippen LogP contribution in [0.4, 0.5) is 26.0 Å². The predicted octanol–water partition coefficient (Wildman–Crippen LogP) is 5.65. The second-order valence-corrected chi connectivity index (χ2v) is 19.0. The molecule has 0 aliphatic carbocycles. The van der Waals surface area contributed by atoms with Gasteiger partial charge in [-0.2, -0.15) is 4.37 Å². The lowest BCUT2D eigenvalue weighted by atomic mass is 10.0. The number of nitrogens with one attached hydrogen (secondary N) is 3. The Kier molecular flexibility index (Phi) is 12.6. The number of rotatable bonds is 11. The number of piperidine rings is 2. The van der Waals surface area contributed by atoms with Crippen molar-refractivity contribution in [3.63, 3.8) is 0 Å². The maximum absolute atomic E-state index is 14.0. The van der Waals surface area contributed by atoms with Crippen LogP contribution in [-0.2, 0) is 24.8 Å². The number of nitrogens with zero attached hydrogens (tertiary/aromatic N) is 6. The molecule has 5 heterocycles. The fraction of sp³-hybridized carbons (Fsp3) is 0.316. The number of carbonyl (C=O) groups excluding carboxylic acids is 1. The summed E-state index contributed by atoms with van der Waals surface area (Å²) in [5, 5.41) is 5.93. The largest absolute Gasteiger partial charge is 0.371 e. The van der Waals surface area contributed by atoms with E-state index in [-0.39, 0.29) is 38.7 Å². The molecular weight excluding hydrogens is 824 g/mol. The van der Waals surface area contributed by atoms with Gasteiger partial charge in [0.15, 0.2) is 5.13 Å². The minimum Gasteiger partial charge on any atom is -0.371 e. The van der Waals surface area contributed by atoms with Crippen LogP contribution in [0.3, 0.4) is 0 Å². The van der Waals surface area contributed by atoms with Crippen LogP contribution in [0.25, 0.3) is 10.9 Å². The molecule has 0 radical (unpaired) electrons. The molecule has 2 fully saturated rings. The van der Waals surface area contributed by atoms with Gasteiger partial charge in [-0.05, 0) is 99.3 Å². The van der Waals surface area contributed by atoms with E-state index in [1.807, 2.05) is 25.1 Å². The zero-order valence-electron chi connectivity index (χ0n) is 31.4. The third-order valence-corrected chi connectivity index (χ3v) is 14.4. The number of fused-ring (bicyclic) bond motifs is 1. The zero-order chi connectivity index (χ0) is 40.9. The Labute approximate surface area is 344 Å². The number of benzene rings is 3. The van der Waals surface area contributed by atoms with Gasteiger partial charge in [0.25, 0.3) is 20.0 Å². The fourth-order valence-electron chi connectivity index (χ4n) is 6.89. The van der Waals surface area contributed by atoms with E-state index >= 15 is 0 Å². The maximum atomic E-state index is 14.0. The fourth-order valence-corrected chi connectivity index (χ4v) is 10.3. The summed E-state index contributed by atoms with van der Waals surface area (Å²) in [6, 6.07) is 20.0. The lowest BCUT2D eigenvalue weighted by molar-refractivity contribution is -0.124. The Bertz CT molecular complexity index is 2500. The maximum Gasteiger partial charge on any atom is 0.263 e. The van der Waals surface area contributed by atoms with Crippen molar-refractivity contribution in [2.75, 3.05) is 45.4 Å². The quantitative estimate of drug-likeness (QED) is 0.126. The first-order chi connectivity index (χ1) is 27.9. The number of amides is 1. The van der Waals surface area contributed by atoms with E-state index in [2.05, 4.69) is 38.9 Å². The van der Waals surface area contributed by atoms with Crippen molar-refractivity contribution in [1.29, 1.82) is 0 Å². The molecule has 0 spiro atoms. The lowest BCUT2D eigenvalue weighted by Crippen LogP contribution is -2.46. The summed E-state index contributed by atoms with van der Waals surface area (Å²) in [4.78, 5) is 25.5. The molecule has 8 rings (SSSR count). The van der Waals surface area contributed by atoms with E-state index in [0.717, 1.165) is 74.8 Å². The van der Waals surface area contributed by atoms with E-state index in [1.54, 1.807) is 70.9 Å². The molecule has 2 aliphatic rings. The van der Waals surface area contributed by atoms with Crippen LogP contribution in [0, 0.1) is 5.82 Å². The van der Waals surface area contributed by atoms with Crippen LogP contribution < -0.4 is 30.3 Å². The minimum absolute atomic E-state index is 0.0388. The monoisotopic (exact) mass is 866 g/mol. The van der Waals surface area contributed by atoms with Crippen LogP contribution in [0.15, 0.2) is 107 Å². The van der Waals surface area contributed by atoms with Crippen molar-refractivity contribution in [3.05, 3.63) is 103 Å². The minimum atomic E-state index is -3.69. The zero-order valence-corrected chi connectivity index (χ0v) is 34.7. The van der Waals surface area contributed by atoms with Gasteiger partial charge in [0.1, 0.15) is 18.2 Å². The number of thiazole rings is 1. The summed E-state index contributed by atoms with van der Waals surface area (Å²) in [5.41, 5.74) is 8.54. The Morgan fingerprint density at radius 2 is 1.40 bits per heavy atom. The van der Waals surface area contributed by atoms with Crippen LogP contribution in [-0.4, -0.2) is 79.9 Å². The second-order valence-electron chi connectivity index (χ2n) is 13.9. The van der Waals surface area contributed by atoms with Crippen LogP contribution in [0.1, 0.15) is 38.6 Å². The topological polar surface area (TPSA) is 198 Å². The molecule has 6 aromatic rings. The van der Waals surface area contributed by atoms with E-state index in [1.165, 1.54) is 23.7 Å². The highest BCUT2D eigenvalue weighted by Crippen LogP contribution is 2.27. The third-order valence-electron chi connectivity index (χ3n) is 10.1. The van der Waals surface area contributed by atoms with Crippen LogP contribution >= 0.6 is 22.9 Å². The van der Waals surface area contributed by atoms with E-state index < -0.39 is 26.1 Å². The van der Waals surface area contributed by atoms with Gasteiger partial charge < -0.3 is 25.4 Å². The van der Waals surface area contributed by atoms with Crippen molar-refractivity contribution in [3.8, 4) is 0 Å². The van der Waals surface area contributed by atoms with Gasteiger partial charge in [0, 0.05) is 84.3 Å². The summed E-state index contributed by atoms with van der Waals surface area (Å²) in [5.74, 6) is -0.398. The molecular formula is C38H43FN10O5S4. The van der Waals surface area contributed by atoms with E-state index in [0.29, 0.717) is 16.0 Å². The van der Waals surface area contributed by atoms with Gasteiger partial charge in [-0.15, -0.1) is 11.3 Å². The van der Waals surface area contributed by atoms with Gasteiger partial charge >= 0.3 is 0 Å². The number of nitrogens with two attached hydrogens (primary N) is 1. The average Bonchev–Trinajstić information content (AvgIpc) is 4.02. The summed E-state index contributed by atoms with van der Waals surface area (Å²) in [6.07, 6.45) is 8.05. The molecule has 0 saturated carbocycles. The van der Waals surface area contributed by atoms with Crippen molar-refractivity contribution >= 4 is 81.4 Å². The number of hydrogen-bond acceptors (Lipinski definition) is 13. The Hall–Kier alpha value is -5.15. The summed E-state index contributed by atoms with van der Waals surface area (Å²) < 4.78 is 74.0. The Morgan fingerprint density at radius 3 is 1.95 bits per heavy atom. The number of carbonyl (C=O) groups is 1. The second kappa shape index (κ2) is 17.8. The average molecular weight is 867 g/mol. The van der Waals surface area contributed by atoms with E-state index in [9.17, 15) is 26.0 Å². The van der Waals surface area contributed by atoms with Gasteiger partial charge in [0.2, 0.25) is 11.0 Å². The van der Waals surface area contributed by atoms with Crippen LogP contribution in [0.2, 0.25) is 0 Å². The first kappa shape index (κ1) is 41.0. The molecule has 1 amide bonds. The van der Waals surface area contributed by atoms with E-state index in [4.69, 9.17) is 5.73 Å². The lowest BCUT2D eigenvalue weighted by Gasteiger charge is -2.34. The summed E-state index contributed by atoms with van der Waals surface area (Å²) >= 11 is 2.22. The highest BCUT2D eigenvalue weighted by molar-refractivity contribution is 7.93. The van der Waals surface area contributed by atoms with Gasteiger partial charge in [0.05, 0.1) is 15.3 Å². The number of hydrogen-bond donors (Lipinski definition) is 4. The Balaban J connectivity index is 0.000000199. The highest BCUT2D eigenvalue weighted by Gasteiger charge is 2.25. The molecule has 3 aromatic carbocycles. The normalized spacial score (nSPS) is 16.1. The van der Waals surface area contributed by atoms with Gasteiger partial charge in [-0.3, -0.25) is 14.2 Å². The summed E-state index contributed by atoms with van der Waals surface area (Å²) in [7, 11) is -7.31. The third kappa shape index (κ3) is 9.75. The molecule has 5 N–H and O–H groups in total. The van der Waals surface area contributed by atoms with Gasteiger partial charge in [-0.1, -0.05) is 6.07 Å². The number of halogens is 1. The Morgan fingerprint density at radius 1 is 0.810 bits per heavy atom. The molecule has 0 bridgehead atoms. The van der Waals surface area contributed by atoms with Crippen molar-refractivity contribution in [1.82, 2.24) is 24.2 Å².